The lowest BCUT2D eigenvalue weighted by molar-refractivity contribution is -0.134. The largest absolute Gasteiger partial charge is 0.337 e. The van der Waals surface area contributed by atoms with Crippen molar-refractivity contribution in [3.05, 3.63) is 63.3 Å². The van der Waals surface area contributed by atoms with Crippen molar-refractivity contribution in [1.82, 2.24) is 19.8 Å². The van der Waals surface area contributed by atoms with Crippen LogP contribution in [0.5, 0.6) is 0 Å². The van der Waals surface area contributed by atoms with E-state index in [0.29, 0.717) is 49.6 Å². The molecule has 0 radical (unpaired) electrons. The quantitative estimate of drug-likeness (QED) is 0.862. The summed E-state index contributed by atoms with van der Waals surface area (Å²) in [5, 5.41) is 0. The van der Waals surface area contributed by atoms with E-state index in [-0.39, 0.29) is 23.4 Å². The molecule has 0 saturated carbocycles. The number of benzene rings is 1. The van der Waals surface area contributed by atoms with Crippen LogP contribution in [0, 0.1) is 0 Å². The predicted octanol–water partition coefficient (Wildman–Crippen LogP) is 1.97. The van der Waals surface area contributed by atoms with Gasteiger partial charge in [0.15, 0.2) is 0 Å². The molecule has 1 N–H and O–H groups in total. The molecular formula is C22H26N4O3. The van der Waals surface area contributed by atoms with Gasteiger partial charge in [-0.25, -0.2) is 4.98 Å². The molecule has 7 heteroatoms. The standard InChI is InChI=1S/C22H26N4O3/c1-15(27)25-12-10-17-18(14-25)23-21(24-22(17)29)19-9-5-6-11-26(19)20(28)13-16-7-3-2-4-8-16/h2-4,7-8,19H,5-6,9-14H2,1H3,(H,23,24,29). The topological polar surface area (TPSA) is 86.4 Å². The average Bonchev–Trinajstić information content (AvgIpc) is 2.74. The molecule has 152 valence electrons. The van der Waals surface area contributed by atoms with Gasteiger partial charge in [-0.1, -0.05) is 30.3 Å². The Bertz CT molecular complexity index is 970. The number of fused-ring (bicyclic) bond motifs is 1. The lowest BCUT2D eigenvalue weighted by Gasteiger charge is -2.36. The highest BCUT2D eigenvalue weighted by molar-refractivity contribution is 5.79. The van der Waals surface area contributed by atoms with Gasteiger partial charge in [-0.3, -0.25) is 14.4 Å². The Morgan fingerprint density at radius 1 is 1.17 bits per heavy atom. The van der Waals surface area contributed by atoms with Crippen LogP contribution in [0.4, 0.5) is 0 Å². The zero-order valence-corrected chi connectivity index (χ0v) is 16.7. The highest BCUT2D eigenvalue weighted by Gasteiger charge is 2.31. The maximum atomic E-state index is 13.0. The molecule has 1 aromatic heterocycles. The fourth-order valence-corrected chi connectivity index (χ4v) is 4.27. The van der Waals surface area contributed by atoms with Crippen LogP contribution < -0.4 is 5.56 Å². The van der Waals surface area contributed by atoms with Gasteiger partial charge in [-0.05, 0) is 31.2 Å². The Labute approximate surface area is 169 Å². The Kier molecular flexibility index (Phi) is 5.47. The van der Waals surface area contributed by atoms with Gasteiger partial charge in [-0.15, -0.1) is 0 Å². The molecule has 7 nitrogen and oxygen atoms in total. The van der Waals surface area contributed by atoms with E-state index >= 15 is 0 Å². The second-order valence-electron chi connectivity index (χ2n) is 7.83. The predicted molar refractivity (Wildman–Crippen MR) is 108 cm³/mol. The van der Waals surface area contributed by atoms with Crippen LogP contribution >= 0.6 is 0 Å². The maximum absolute atomic E-state index is 13.0. The molecule has 0 aliphatic carbocycles. The van der Waals surface area contributed by atoms with Crippen molar-refractivity contribution in [1.29, 1.82) is 0 Å². The molecule has 1 saturated heterocycles. The number of carbonyl (C=O) groups is 2. The third-order valence-corrected chi connectivity index (χ3v) is 5.87. The fourth-order valence-electron chi connectivity index (χ4n) is 4.27. The van der Waals surface area contributed by atoms with Crippen molar-refractivity contribution in [2.24, 2.45) is 0 Å². The lowest BCUT2D eigenvalue weighted by atomic mass is 9.99. The molecule has 2 aliphatic rings. The molecule has 3 heterocycles. The van der Waals surface area contributed by atoms with E-state index in [9.17, 15) is 14.4 Å². The van der Waals surface area contributed by atoms with E-state index in [4.69, 9.17) is 4.98 Å². The number of piperidine rings is 1. The molecule has 0 bridgehead atoms. The number of rotatable bonds is 3. The number of likely N-dealkylation sites (tertiary alicyclic amines) is 1. The number of nitrogens with zero attached hydrogens (tertiary/aromatic N) is 3. The summed E-state index contributed by atoms with van der Waals surface area (Å²) >= 11 is 0. The summed E-state index contributed by atoms with van der Waals surface area (Å²) < 4.78 is 0. The number of H-pyrrole nitrogens is 1. The zero-order chi connectivity index (χ0) is 20.4. The van der Waals surface area contributed by atoms with Gasteiger partial charge in [0.25, 0.3) is 5.56 Å². The van der Waals surface area contributed by atoms with E-state index in [1.165, 1.54) is 6.92 Å². The van der Waals surface area contributed by atoms with Gasteiger partial charge in [0.05, 0.1) is 24.7 Å². The molecular weight excluding hydrogens is 368 g/mol. The molecule has 2 aromatic rings. The highest BCUT2D eigenvalue weighted by atomic mass is 16.2. The van der Waals surface area contributed by atoms with Crippen LogP contribution in [0.25, 0.3) is 0 Å². The van der Waals surface area contributed by atoms with Crippen molar-refractivity contribution in [3.8, 4) is 0 Å². The number of nitrogens with one attached hydrogen (secondary N) is 1. The van der Waals surface area contributed by atoms with Crippen molar-refractivity contribution in [2.75, 3.05) is 13.1 Å². The summed E-state index contributed by atoms with van der Waals surface area (Å²) in [6.45, 7) is 3.09. The monoisotopic (exact) mass is 394 g/mol. The van der Waals surface area contributed by atoms with Gasteiger partial charge < -0.3 is 14.8 Å². The van der Waals surface area contributed by atoms with Crippen LogP contribution in [0.2, 0.25) is 0 Å². The minimum absolute atomic E-state index is 0.0170. The number of hydrogen-bond acceptors (Lipinski definition) is 4. The van der Waals surface area contributed by atoms with Gasteiger partial charge in [0.2, 0.25) is 11.8 Å². The molecule has 2 aliphatic heterocycles. The summed E-state index contributed by atoms with van der Waals surface area (Å²) in [4.78, 5) is 48.7. The van der Waals surface area contributed by atoms with Crippen molar-refractivity contribution < 1.29 is 9.59 Å². The molecule has 1 aromatic carbocycles. The summed E-state index contributed by atoms with van der Waals surface area (Å²) in [5.74, 6) is 0.573. The highest BCUT2D eigenvalue weighted by Crippen LogP contribution is 2.30. The molecule has 4 rings (SSSR count). The Morgan fingerprint density at radius 2 is 1.97 bits per heavy atom. The summed E-state index contributed by atoms with van der Waals surface area (Å²) in [5.41, 5.74) is 2.15. The third-order valence-electron chi connectivity index (χ3n) is 5.87. The summed E-state index contributed by atoms with van der Waals surface area (Å²) in [6.07, 6.45) is 3.56. The minimum Gasteiger partial charge on any atom is -0.337 e. The lowest BCUT2D eigenvalue weighted by Crippen LogP contribution is -2.42. The van der Waals surface area contributed by atoms with E-state index in [1.54, 1.807) is 4.90 Å². The van der Waals surface area contributed by atoms with Crippen LogP contribution in [0.3, 0.4) is 0 Å². The number of aromatic amines is 1. The van der Waals surface area contributed by atoms with E-state index < -0.39 is 0 Å². The number of carbonyl (C=O) groups excluding carboxylic acids is 2. The maximum Gasteiger partial charge on any atom is 0.254 e. The Hall–Kier alpha value is -2.96. The first-order chi connectivity index (χ1) is 14.0. The number of aromatic nitrogens is 2. The van der Waals surface area contributed by atoms with Crippen molar-refractivity contribution >= 4 is 11.8 Å². The first-order valence-corrected chi connectivity index (χ1v) is 10.2. The van der Waals surface area contributed by atoms with E-state index in [2.05, 4.69) is 4.98 Å². The van der Waals surface area contributed by atoms with E-state index in [1.807, 2.05) is 35.2 Å². The number of hydrogen-bond donors (Lipinski definition) is 1. The van der Waals surface area contributed by atoms with Gasteiger partial charge in [0.1, 0.15) is 5.82 Å². The summed E-state index contributed by atoms with van der Waals surface area (Å²) in [7, 11) is 0. The van der Waals surface area contributed by atoms with Gasteiger partial charge >= 0.3 is 0 Å². The normalized spacial score (nSPS) is 19.0. The molecule has 0 spiro atoms. The minimum atomic E-state index is -0.231. The molecule has 1 fully saturated rings. The molecule has 1 atom stereocenters. The van der Waals surface area contributed by atoms with Crippen LogP contribution in [0.15, 0.2) is 35.1 Å². The average molecular weight is 394 g/mol. The third kappa shape index (κ3) is 4.09. The smallest absolute Gasteiger partial charge is 0.254 e. The van der Waals surface area contributed by atoms with Crippen molar-refractivity contribution in [3.63, 3.8) is 0 Å². The van der Waals surface area contributed by atoms with Crippen LogP contribution in [-0.2, 0) is 29.0 Å². The first kappa shape index (κ1) is 19.4. The van der Waals surface area contributed by atoms with Gasteiger partial charge in [-0.2, -0.15) is 0 Å². The second kappa shape index (κ2) is 8.19. The first-order valence-electron chi connectivity index (χ1n) is 10.2. The van der Waals surface area contributed by atoms with Crippen molar-refractivity contribution in [2.45, 2.75) is 51.6 Å². The van der Waals surface area contributed by atoms with E-state index in [0.717, 1.165) is 24.8 Å². The molecule has 29 heavy (non-hydrogen) atoms. The molecule has 1 unspecified atom stereocenters. The summed E-state index contributed by atoms with van der Waals surface area (Å²) in [6, 6.07) is 9.46. The van der Waals surface area contributed by atoms with Crippen LogP contribution in [-0.4, -0.2) is 44.7 Å². The second-order valence-corrected chi connectivity index (χ2v) is 7.83. The SMILES string of the molecule is CC(=O)N1CCc2c(nc(C3CCCCN3C(=O)Cc3ccccc3)[nH]c2=O)C1. The Balaban J connectivity index is 1.61. The van der Waals surface area contributed by atoms with Gasteiger partial charge in [0, 0.05) is 25.6 Å². The van der Waals surface area contributed by atoms with Crippen LogP contribution in [0.1, 0.15) is 54.9 Å². The fraction of sp³-hybridized carbons (Fsp3) is 0.455. The Morgan fingerprint density at radius 3 is 2.72 bits per heavy atom. The molecule has 2 amide bonds. The number of amides is 2. The zero-order valence-electron chi connectivity index (χ0n) is 16.7.